The van der Waals surface area contributed by atoms with Crippen LogP contribution in [-0.4, -0.2) is 11.4 Å². The number of benzene rings is 4. The quantitative estimate of drug-likeness (QED) is 0.218. The van der Waals surface area contributed by atoms with Gasteiger partial charge in [-0.25, -0.2) is 0 Å². The molecule has 1 heterocycles. The molecule has 0 spiro atoms. The minimum atomic E-state index is 0. The molecule has 0 aliphatic carbocycles. The van der Waals surface area contributed by atoms with E-state index in [1.807, 2.05) is 149 Å². The van der Waals surface area contributed by atoms with E-state index in [0.29, 0.717) is 0 Å². The van der Waals surface area contributed by atoms with Gasteiger partial charge in [0, 0.05) is 22.8 Å². The van der Waals surface area contributed by atoms with Crippen LogP contribution >= 0.6 is 0 Å². The molecule has 0 N–H and O–H groups in total. The van der Waals surface area contributed by atoms with Crippen molar-refractivity contribution in [3.05, 3.63) is 161 Å². The Bertz CT molecular complexity index is 1390. The summed E-state index contributed by atoms with van der Waals surface area (Å²) in [5.74, 6) is 0. The molecule has 0 unspecified atom stereocenters. The van der Waals surface area contributed by atoms with Gasteiger partial charge >= 0.3 is 17.1 Å². The van der Waals surface area contributed by atoms with Crippen LogP contribution in [0.15, 0.2) is 143 Å². The van der Waals surface area contributed by atoms with E-state index in [1.165, 1.54) is 0 Å². The number of para-hydroxylation sites is 4. The zero-order chi connectivity index (χ0) is 27.5. The number of aliphatic imine (C=N–C) groups is 2. The Balaban J connectivity index is 0.000000264. The van der Waals surface area contributed by atoms with Crippen LogP contribution in [0.4, 0.5) is 22.7 Å². The zero-order valence-corrected chi connectivity index (χ0v) is 24.3. The van der Waals surface area contributed by atoms with Crippen molar-refractivity contribution in [1.82, 2.24) is 0 Å². The molecule has 1 aliphatic heterocycles. The van der Waals surface area contributed by atoms with E-state index in [2.05, 4.69) is 6.42 Å². The second kappa shape index (κ2) is 15.4. The summed E-state index contributed by atoms with van der Waals surface area (Å²) in [6, 6.07) is 36.1. The molecule has 40 heavy (non-hydrogen) atoms. The third-order valence-electron chi connectivity index (χ3n) is 5.62. The van der Waals surface area contributed by atoms with E-state index in [4.69, 9.17) is 20.6 Å². The van der Waals surface area contributed by atoms with Crippen LogP contribution in [-0.2, 0) is 17.1 Å². The maximum atomic E-state index is 4.72. The minimum Gasteiger partial charge on any atom is -0.660 e. The van der Waals surface area contributed by atoms with E-state index < -0.39 is 0 Å². The number of nitrogens with zero attached hydrogens (tertiary/aromatic N) is 4. The van der Waals surface area contributed by atoms with E-state index in [9.17, 15) is 0 Å². The Kier molecular flexibility index (Phi) is 11.7. The molecule has 0 saturated heterocycles. The van der Waals surface area contributed by atoms with Gasteiger partial charge < -0.3 is 10.6 Å². The van der Waals surface area contributed by atoms with Gasteiger partial charge in [-0.3, -0.25) is 9.98 Å². The number of hydrogen-bond acceptors (Lipinski definition) is 2. The largest absolute Gasteiger partial charge is 2.00 e. The summed E-state index contributed by atoms with van der Waals surface area (Å²) >= 11 is 0. The number of rotatable bonds is 2. The average Bonchev–Trinajstić information content (AvgIpc) is 2.92. The molecule has 200 valence electrons. The minimum absolute atomic E-state index is 0. The summed E-state index contributed by atoms with van der Waals surface area (Å²) in [7, 11) is 0. The molecule has 5 heteroatoms. The Morgan fingerprint density at radius 2 is 0.825 bits per heavy atom. The summed E-state index contributed by atoms with van der Waals surface area (Å²) in [4.78, 5) is 9.43. The maximum absolute atomic E-state index is 4.72. The van der Waals surface area contributed by atoms with Crippen LogP contribution in [0.2, 0.25) is 0 Å². The van der Waals surface area contributed by atoms with Gasteiger partial charge in [0.1, 0.15) is 0 Å². The molecule has 0 aromatic heterocycles. The summed E-state index contributed by atoms with van der Waals surface area (Å²) in [5, 5.41) is 9.43. The molecule has 0 saturated carbocycles. The van der Waals surface area contributed by atoms with Gasteiger partial charge in [0.25, 0.3) is 0 Å². The van der Waals surface area contributed by atoms with Crippen LogP contribution in [0.3, 0.4) is 0 Å². The van der Waals surface area contributed by atoms with Crippen molar-refractivity contribution in [3.8, 4) is 0 Å². The van der Waals surface area contributed by atoms with Gasteiger partial charge in [-0.2, -0.15) is 11.4 Å². The second-order valence-corrected chi connectivity index (χ2v) is 9.14. The predicted octanol–water partition coefficient (Wildman–Crippen LogP) is 10.6. The Morgan fingerprint density at radius 3 is 1.23 bits per heavy atom. The molecule has 4 aromatic rings. The van der Waals surface area contributed by atoms with Crippen molar-refractivity contribution in [3.63, 3.8) is 0 Å². The fourth-order valence-electron chi connectivity index (χ4n) is 4.01. The predicted molar refractivity (Wildman–Crippen MR) is 166 cm³/mol. The summed E-state index contributed by atoms with van der Waals surface area (Å²) in [5.41, 5.74) is 9.12. The van der Waals surface area contributed by atoms with Crippen LogP contribution in [0.1, 0.15) is 38.8 Å². The van der Waals surface area contributed by atoms with E-state index in [-0.39, 0.29) is 17.1 Å². The molecule has 0 atom stereocenters. The topological polar surface area (TPSA) is 52.9 Å². The van der Waals surface area contributed by atoms with Crippen molar-refractivity contribution >= 4 is 34.2 Å². The number of fused-ring (bicyclic) bond motifs is 2. The normalized spacial score (nSPS) is 15.5. The Labute approximate surface area is 249 Å². The van der Waals surface area contributed by atoms with E-state index in [0.717, 1.165) is 56.7 Å². The van der Waals surface area contributed by atoms with Gasteiger partial charge in [0.2, 0.25) is 0 Å². The third kappa shape index (κ3) is 9.53. The van der Waals surface area contributed by atoms with Gasteiger partial charge in [0.05, 0.1) is 6.42 Å². The second-order valence-electron chi connectivity index (χ2n) is 9.14. The smallest absolute Gasteiger partial charge is 0.660 e. The van der Waals surface area contributed by atoms with Gasteiger partial charge in [-0.05, 0) is 37.1 Å². The zero-order valence-electron chi connectivity index (χ0n) is 23.2. The van der Waals surface area contributed by atoms with Crippen LogP contribution < -0.4 is 0 Å². The molecule has 4 nitrogen and oxygen atoms in total. The summed E-state index contributed by atoms with van der Waals surface area (Å²) < 4.78 is 0. The van der Waals surface area contributed by atoms with Crippen molar-refractivity contribution < 1.29 is 17.1 Å². The fraction of sp³-hybridized carbons (Fsp3) is 0.114. The molecular weight excluding hydrogens is 532 g/mol. The summed E-state index contributed by atoms with van der Waals surface area (Å²) in [6.07, 6.45) is 7.25. The molecule has 2 radical (unpaired) electrons. The molecule has 1 aliphatic rings. The average molecular weight is 565 g/mol. The summed E-state index contributed by atoms with van der Waals surface area (Å²) in [6.45, 7) is 7.88. The monoisotopic (exact) mass is 564 g/mol. The van der Waals surface area contributed by atoms with E-state index in [1.54, 1.807) is 0 Å². The van der Waals surface area contributed by atoms with Crippen LogP contribution in [0, 0.1) is 6.42 Å². The van der Waals surface area contributed by atoms with Crippen LogP contribution in [0.5, 0.6) is 0 Å². The van der Waals surface area contributed by atoms with E-state index >= 15 is 0 Å². The van der Waals surface area contributed by atoms with Crippen molar-refractivity contribution in [2.75, 3.05) is 0 Å². The van der Waals surface area contributed by atoms with Crippen molar-refractivity contribution in [1.29, 1.82) is 0 Å². The number of allylic oxidation sites excluding steroid dienone is 4. The molecule has 0 fully saturated rings. The van der Waals surface area contributed by atoms with Gasteiger partial charge in [-0.15, -0.1) is 11.4 Å². The Morgan fingerprint density at radius 1 is 0.475 bits per heavy atom. The van der Waals surface area contributed by atoms with Crippen LogP contribution in [0.25, 0.3) is 10.6 Å². The fourth-order valence-corrected chi connectivity index (χ4v) is 4.01. The van der Waals surface area contributed by atoms with Gasteiger partial charge in [0.15, 0.2) is 0 Å². The van der Waals surface area contributed by atoms with Crippen molar-refractivity contribution in [2.45, 2.75) is 27.7 Å². The standard InChI is InChI=1S/C22H22N4.C13H10.Fe/c1-15-13-16(2)24-21-11-7-8-12-22(21)26-18(4)14-17(3)25-20-10-6-5-9-19(20)23-15;1-3-7-12(8-4-1)11-13-9-5-2-6-10-13;/h5-14H,1-4H3;1-10H;/q-2;;+2/b15-13-,18-14-,24-16?,25-17?;;. The third-order valence-corrected chi connectivity index (χ3v) is 5.62. The first kappa shape index (κ1) is 30.4. The van der Waals surface area contributed by atoms with Crippen molar-refractivity contribution in [2.24, 2.45) is 9.98 Å². The molecule has 0 bridgehead atoms. The molecular formula is C35H32FeN4. The molecule has 4 aromatic carbocycles. The first-order valence-electron chi connectivity index (χ1n) is 12.9. The first-order chi connectivity index (χ1) is 19.0. The maximum Gasteiger partial charge on any atom is 2.00 e. The SMILES string of the molecule is CC1=Nc2ccccc2[N-]/C(C)=C\C(C)=Nc2ccccc2[N-]/C(C)=C\1.[C](c1ccccc1)c1ccccc1.[Fe+2]. The Hall–Kier alpha value is -4.18. The number of hydrogen-bond donors (Lipinski definition) is 0. The first-order valence-corrected chi connectivity index (χ1v) is 12.9. The molecule has 5 rings (SSSR count). The molecule has 0 amide bonds. The van der Waals surface area contributed by atoms with Gasteiger partial charge in [-0.1, -0.05) is 123 Å².